The number of nitrogens with one attached hydrogen (secondary N) is 2. The van der Waals surface area contributed by atoms with E-state index in [1.54, 1.807) is 37.3 Å². The Morgan fingerprint density at radius 1 is 1.19 bits per heavy atom. The molecule has 0 aliphatic rings. The molecule has 8 nitrogen and oxygen atoms in total. The molecule has 0 saturated carbocycles. The van der Waals surface area contributed by atoms with E-state index in [0.29, 0.717) is 17.0 Å². The summed E-state index contributed by atoms with van der Waals surface area (Å²) in [5, 5.41) is 11.5. The van der Waals surface area contributed by atoms with Crippen molar-refractivity contribution in [1.29, 1.82) is 5.26 Å². The molecule has 0 heterocycles. The molecule has 2 aromatic carbocycles. The van der Waals surface area contributed by atoms with Crippen LogP contribution in [-0.4, -0.2) is 33.8 Å². The predicted octanol–water partition coefficient (Wildman–Crippen LogP) is 2.34. The maximum atomic E-state index is 12.3. The SMILES string of the molecule is COc1cc(NC(=O)C(C)Oc2ccc(C#N)cc2)ccc1NS(C)(=O)=O. The summed E-state index contributed by atoms with van der Waals surface area (Å²) in [5.74, 6) is 0.325. The first-order valence-electron chi connectivity index (χ1n) is 7.85. The van der Waals surface area contributed by atoms with Gasteiger partial charge in [-0.1, -0.05) is 0 Å². The summed E-state index contributed by atoms with van der Waals surface area (Å²) >= 11 is 0. The van der Waals surface area contributed by atoms with E-state index in [2.05, 4.69) is 10.0 Å². The summed E-state index contributed by atoms with van der Waals surface area (Å²) in [7, 11) is -2.06. The van der Waals surface area contributed by atoms with Gasteiger partial charge in [0.15, 0.2) is 6.10 Å². The maximum Gasteiger partial charge on any atom is 0.265 e. The van der Waals surface area contributed by atoms with Crippen LogP contribution in [-0.2, 0) is 14.8 Å². The summed E-state index contributed by atoms with van der Waals surface area (Å²) in [4.78, 5) is 12.3. The van der Waals surface area contributed by atoms with Crippen LogP contribution in [0.2, 0.25) is 0 Å². The Kier molecular flexibility index (Phi) is 6.26. The van der Waals surface area contributed by atoms with Crippen molar-refractivity contribution >= 4 is 27.3 Å². The van der Waals surface area contributed by atoms with Crippen LogP contribution in [0.15, 0.2) is 42.5 Å². The lowest BCUT2D eigenvalue weighted by Gasteiger charge is -2.16. The lowest BCUT2D eigenvalue weighted by Crippen LogP contribution is -2.30. The highest BCUT2D eigenvalue weighted by Crippen LogP contribution is 2.28. The van der Waals surface area contributed by atoms with E-state index in [1.165, 1.54) is 19.2 Å². The standard InChI is InChI=1S/C18H19N3O5S/c1-12(26-15-7-4-13(11-19)5-8-15)18(22)20-14-6-9-16(17(10-14)25-2)21-27(3,23)24/h4-10,12,21H,1-3H3,(H,20,22). The molecular formula is C18H19N3O5S. The van der Waals surface area contributed by atoms with Gasteiger partial charge in [-0.25, -0.2) is 8.42 Å². The molecule has 0 fully saturated rings. The number of hydrogen-bond acceptors (Lipinski definition) is 6. The minimum absolute atomic E-state index is 0.263. The Bertz CT molecular complexity index is 965. The second-order valence-corrected chi connectivity index (χ2v) is 7.42. The smallest absolute Gasteiger partial charge is 0.265 e. The van der Waals surface area contributed by atoms with E-state index in [-0.39, 0.29) is 11.4 Å². The number of ether oxygens (including phenoxy) is 2. The second kappa shape index (κ2) is 8.42. The summed E-state index contributed by atoms with van der Waals surface area (Å²) in [5.41, 5.74) is 1.18. The van der Waals surface area contributed by atoms with Crippen molar-refractivity contribution in [2.24, 2.45) is 0 Å². The molecule has 0 spiro atoms. The van der Waals surface area contributed by atoms with E-state index in [9.17, 15) is 13.2 Å². The minimum Gasteiger partial charge on any atom is -0.494 e. The Morgan fingerprint density at radius 2 is 1.85 bits per heavy atom. The highest BCUT2D eigenvalue weighted by molar-refractivity contribution is 7.92. The summed E-state index contributed by atoms with van der Waals surface area (Å²) in [6.45, 7) is 1.59. The molecule has 27 heavy (non-hydrogen) atoms. The Morgan fingerprint density at radius 3 is 2.41 bits per heavy atom. The Balaban J connectivity index is 2.06. The zero-order valence-electron chi connectivity index (χ0n) is 15.0. The largest absolute Gasteiger partial charge is 0.494 e. The predicted molar refractivity (Wildman–Crippen MR) is 101 cm³/mol. The first kappa shape index (κ1) is 20.1. The fraction of sp³-hybridized carbons (Fsp3) is 0.222. The monoisotopic (exact) mass is 389 g/mol. The van der Waals surface area contributed by atoms with E-state index in [1.807, 2.05) is 6.07 Å². The average molecular weight is 389 g/mol. The molecule has 9 heteroatoms. The van der Waals surface area contributed by atoms with Gasteiger partial charge in [0.05, 0.1) is 30.7 Å². The Hall–Kier alpha value is -3.25. The highest BCUT2D eigenvalue weighted by atomic mass is 32.2. The van der Waals surface area contributed by atoms with Crippen molar-refractivity contribution in [3.05, 3.63) is 48.0 Å². The molecule has 2 aromatic rings. The second-order valence-electron chi connectivity index (χ2n) is 5.67. The van der Waals surface area contributed by atoms with E-state index >= 15 is 0 Å². The fourth-order valence-corrected chi connectivity index (χ4v) is 2.73. The van der Waals surface area contributed by atoms with Crippen LogP contribution in [0.3, 0.4) is 0 Å². The van der Waals surface area contributed by atoms with Gasteiger partial charge in [0.1, 0.15) is 11.5 Å². The quantitative estimate of drug-likeness (QED) is 0.750. The van der Waals surface area contributed by atoms with Crippen LogP contribution in [0.4, 0.5) is 11.4 Å². The van der Waals surface area contributed by atoms with Gasteiger partial charge < -0.3 is 14.8 Å². The summed E-state index contributed by atoms with van der Waals surface area (Å²) < 4.78 is 35.8. The number of sulfonamides is 1. The molecule has 142 valence electrons. The van der Waals surface area contributed by atoms with Gasteiger partial charge in [-0.2, -0.15) is 5.26 Å². The number of carbonyl (C=O) groups is 1. The number of nitriles is 1. The number of hydrogen-bond donors (Lipinski definition) is 2. The normalized spacial score (nSPS) is 11.8. The number of nitrogens with zero attached hydrogens (tertiary/aromatic N) is 1. The zero-order valence-corrected chi connectivity index (χ0v) is 15.8. The van der Waals surface area contributed by atoms with Crippen molar-refractivity contribution in [2.45, 2.75) is 13.0 Å². The average Bonchev–Trinajstić information content (AvgIpc) is 2.62. The molecule has 1 atom stereocenters. The third-order valence-corrected chi connectivity index (χ3v) is 4.02. The van der Waals surface area contributed by atoms with E-state index in [0.717, 1.165) is 6.26 Å². The molecular weight excluding hydrogens is 370 g/mol. The third-order valence-electron chi connectivity index (χ3n) is 3.43. The summed E-state index contributed by atoms with van der Waals surface area (Å²) in [6, 6.07) is 12.9. The first-order chi connectivity index (χ1) is 12.7. The van der Waals surface area contributed by atoms with Crippen molar-refractivity contribution in [3.63, 3.8) is 0 Å². The summed E-state index contributed by atoms with van der Waals surface area (Å²) in [6.07, 6.45) is 0.238. The number of anilines is 2. The molecule has 0 aliphatic heterocycles. The molecule has 2 rings (SSSR count). The molecule has 0 aliphatic carbocycles. The van der Waals surface area contributed by atoms with Crippen molar-refractivity contribution in [3.8, 4) is 17.6 Å². The molecule has 1 amide bonds. The lowest BCUT2D eigenvalue weighted by atomic mass is 10.2. The maximum absolute atomic E-state index is 12.3. The number of amides is 1. The van der Waals surface area contributed by atoms with Crippen molar-refractivity contribution < 1.29 is 22.7 Å². The zero-order chi connectivity index (χ0) is 20.0. The third kappa shape index (κ3) is 5.90. The number of rotatable bonds is 7. The topological polar surface area (TPSA) is 118 Å². The van der Waals surface area contributed by atoms with Gasteiger partial charge in [0.2, 0.25) is 10.0 Å². The van der Waals surface area contributed by atoms with Crippen LogP contribution in [0.5, 0.6) is 11.5 Å². The van der Waals surface area contributed by atoms with E-state index in [4.69, 9.17) is 14.7 Å². The minimum atomic E-state index is -3.46. The van der Waals surface area contributed by atoms with Crippen LogP contribution in [0.25, 0.3) is 0 Å². The van der Waals surface area contributed by atoms with Crippen LogP contribution in [0.1, 0.15) is 12.5 Å². The van der Waals surface area contributed by atoms with E-state index < -0.39 is 22.0 Å². The van der Waals surface area contributed by atoms with Gasteiger partial charge in [-0.15, -0.1) is 0 Å². The molecule has 0 aromatic heterocycles. The molecule has 2 N–H and O–H groups in total. The van der Waals surface area contributed by atoms with Gasteiger partial charge in [0, 0.05) is 11.8 Å². The molecule has 0 saturated heterocycles. The van der Waals surface area contributed by atoms with Crippen molar-refractivity contribution in [1.82, 2.24) is 0 Å². The van der Waals surface area contributed by atoms with Crippen molar-refractivity contribution in [2.75, 3.05) is 23.4 Å². The number of methoxy groups -OCH3 is 1. The van der Waals surface area contributed by atoms with Gasteiger partial charge in [-0.3, -0.25) is 9.52 Å². The van der Waals surface area contributed by atoms with Gasteiger partial charge in [-0.05, 0) is 43.3 Å². The molecule has 0 bridgehead atoms. The van der Waals surface area contributed by atoms with Crippen LogP contribution < -0.4 is 19.5 Å². The van der Waals surface area contributed by atoms with Crippen LogP contribution >= 0.6 is 0 Å². The lowest BCUT2D eigenvalue weighted by molar-refractivity contribution is -0.122. The Labute approximate surface area is 157 Å². The fourth-order valence-electron chi connectivity index (χ4n) is 2.16. The molecule has 1 unspecified atom stereocenters. The number of benzene rings is 2. The number of carbonyl (C=O) groups excluding carboxylic acids is 1. The van der Waals surface area contributed by atoms with Gasteiger partial charge >= 0.3 is 0 Å². The van der Waals surface area contributed by atoms with Crippen LogP contribution in [0, 0.1) is 11.3 Å². The highest BCUT2D eigenvalue weighted by Gasteiger charge is 2.16. The molecule has 0 radical (unpaired) electrons. The van der Waals surface area contributed by atoms with Gasteiger partial charge in [0.25, 0.3) is 5.91 Å². The first-order valence-corrected chi connectivity index (χ1v) is 9.74.